The van der Waals surface area contributed by atoms with E-state index in [1.165, 1.54) is 30.3 Å². The summed E-state index contributed by atoms with van der Waals surface area (Å²) in [5.74, 6) is -2.07. The van der Waals surface area contributed by atoms with E-state index in [0.717, 1.165) is 6.07 Å². The van der Waals surface area contributed by atoms with Crippen LogP contribution in [0.1, 0.15) is 15.9 Å². The predicted molar refractivity (Wildman–Crippen MR) is 71.8 cm³/mol. The van der Waals surface area contributed by atoms with E-state index in [4.69, 9.17) is 5.73 Å². The fraction of sp³-hybridized carbons (Fsp3) is 0.0714. The Hall–Kier alpha value is -2.76. The maximum atomic E-state index is 13.5. The van der Waals surface area contributed by atoms with Crippen molar-refractivity contribution in [1.82, 2.24) is 5.32 Å². The van der Waals surface area contributed by atoms with Gasteiger partial charge in [-0.15, -0.1) is 0 Å². The highest BCUT2D eigenvalue weighted by Gasteiger charge is 2.16. The molecule has 5 nitrogen and oxygen atoms in total. The molecule has 0 fully saturated rings. The molecule has 0 saturated carbocycles. The Morgan fingerprint density at radius 2 is 1.95 bits per heavy atom. The first kappa shape index (κ1) is 13.7. The molecule has 0 aromatic heterocycles. The number of nitrogen functional groups attached to an aromatic ring is 1. The normalized spacial score (nSPS) is 10.2. The molecule has 0 spiro atoms. The predicted octanol–water partition coefficient (Wildman–Crippen LogP) is 1.75. The van der Waals surface area contributed by atoms with Crippen LogP contribution in [0, 0.1) is 5.82 Å². The largest absolute Gasteiger partial charge is 0.508 e. The van der Waals surface area contributed by atoms with Gasteiger partial charge in [-0.2, -0.15) is 0 Å². The number of aromatic hydroxyl groups is 2. The summed E-state index contributed by atoms with van der Waals surface area (Å²) in [5.41, 5.74) is 5.96. The van der Waals surface area contributed by atoms with Crippen LogP contribution in [0.2, 0.25) is 0 Å². The minimum absolute atomic E-state index is 0.0303. The number of hydrogen-bond acceptors (Lipinski definition) is 4. The first-order valence-corrected chi connectivity index (χ1v) is 5.82. The van der Waals surface area contributed by atoms with E-state index in [9.17, 15) is 19.4 Å². The van der Waals surface area contributed by atoms with E-state index in [1.54, 1.807) is 0 Å². The quantitative estimate of drug-likeness (QED) is 0.507. The highest BCUT2D eigenvalue weighted by atomic mass is 19.1. The third kappa shape index (κ3) is 2.80. The number of phenols is 2. The summed E-state index contributed by atoms with van der Waals surface area (Å²) in [4.78, 5) is 11.8. The first-order valence-electron chi connectivity index (χ1n) is 5.82. The molecular formula is C14H13FN2O3. The van der Waals surface area contributed by atoms with Gasteiger partial charge < -0.3 is 21.3 Å². The average Bonchev–Trinajstić information content (AvgIpc) is 2.39. The van der Waals surface area contributed by atoms with Crippen molar-refractivity contribution in [3.8, 4) is 11.5 Å². The second-order valence-corrected chi connectivity index (χ2v) is 4.20. The zero-order valence-corrected chi connectivity index (χ0v) is 10.4. The zero-order valence-electron chi connectivity index (χ0n) is 10.4. The Bertz CT molecular complexity index is 639. The van der Waals surface area contributed by atoms with Gasteiger partial charge >= 0.3 is 0 Å². The van der Waals surface area contributed by atoms with Gasteiger partial charge in [0.05, 0.1) is 0 Å². The first-order chi connectivity index (χ1) is 9.49. The number of benzene rings is 2. The van der Waals surface area contributed by atoms with Crippen molar-refractivity contribution in [3.05, 3.63) is 53.3 Å². The summed E-state index contributed by atoms with van der Waals surface area (Å²) in [6, 6.07) is 8.01. The van der Waals surface area contributed by atoms with Gasteiger partial charge in [0, 0.05) is 17.8 Å². The molecule has 0 aliphatic heterocycles. The molecule has 0 aliphatic rings. The number of rotatable bonds is 3. The molecule has 2 rings (SSSR count). The highest BCUT2D eigenvalue weighted by molar-refractivity contribution is 5.97. The Labute approximate surface area is 114 Å². The number of amides is 1. The summed E-state index contributed by atoms with van der Waals surface area (Å²) in [6.07, 6.45) is 0. The number of nitrogens with two attached hydrogens (primary N) is 1. The topological polar surface area (TPSA) is 95.6 Å². The smallest absolute Gasteiger partial charge is 0.258 e. The molecular weight excluding hydrogens is 263 g/mol. The summed E-state index contributed by atoms with van der Waals surface area (Å²) in [6.45, 7) is -0.0382. The summed E-state index contributed by atoms with van der Waals surface area (Å²) < 4.78 is 13.5. The van der Waals surface area contributed by atoms with Crippen molar-refractivity contribution in [2.75, 3.05) is 5.73 Å². The van der Waals surface area contributed by atoms with Crippen LogP contribution in [0.3, 0.4) is 0 Å². The lowest BCUT2D eigenvalue weighted by Crippen LogP contribution is -2.24. The Balaban J connectivity index is 2.15. The van der Waals surface area contributed by atoms with Crippen LogP contribution in [-0.2, 0) is 6.54 Å². The standard InChI is InChI=1S/C14H13FN2O3/c15-10-2-1-3-12(19)13(10)14(20)17-7-8-6-9(16)4-5-11(8)18/h1-6,18-19H,7,16H2,(H,17,20). The van der Waals surface area contributed by atoms with Crippen molar-refractivity contribution >= 4 is 11.6 Å². The van der Waals surface area contributed by atoms with Gasteiger partial charge in [0.15, 0.2) is 0 Å². The van der Waals surface area contributed by atoms with Crippen molar-refractivity contribution in [3.63, 3.8) is 0 Å². The zero-order chi connectivity index (χ0) is 14.7. The van der Waals surface area contributed by atoms with Gasteiger partial charge in [0.2, 0.25) is 0 Å². The van der Waals surface area contributed by atoms with Crippen molar-refractivity contribution in [2.24, 2.45) is 0 Å². The van der Waals surface area contributed by atoms with Crippen molar-refractivity contribution in [1.29, 1.82) is 0 Å². The molecule has 0 aliphatic carbocycles. The average molecular weight is 276 g/mol. The molecule has 0 atom stereocenters. The molecule has 0 heterocycles. The molecule has 2 aromatic rings. The molecule has 104 valence electrons. The minimum atomic E-state index is -0.820. The molecule has 2 aromatic carbocycles. The number of phenolic OH excluding ortho intramolecular Hbond substituents is 2. The van der Waals surface area contributed by atoms with E-state index in [1.807, 2.05) is 0 Å². The third-order valence-corrected chi connectivity index (χ3v) is 2.76. The van der Waals surface area contributed by atoms with Crippen LogP contribution < -0.4 is 11.1 Å². The Morgan fingerprint density at radius 3 is 2.65 bits per heavy atom. The van der Waals surface area contributed by atoms with E-state index in [0.29, 0.717) is 11.3 Å². The lowest BCUT2D eigenvalue weighted by Gasteiger charge is -2.09. The maximum Gasteiger partial charge on any atom is 0.258 e. The minimum Gasteiger partial charge on any atom is -0.508 e. The van der Waals surface area contributed by atoms with Crippen LogP contribution in [0.25, 0.3) is 0 Å². The van der Waals surface area contributed by atoms with Crippen LogP contribution in [0.5, 0.6) is 11.5 Å². The van der Waals surface area contributed by atoms with Crippen molar-refractivity contribution in [2.45, 2.75) is 6.54 Å². The van der Waals surface area contributed by atoms with Crippen LogP contribution in [-0.4, -0.2) is 16.1 Å². The van der Waals surface area contributed by atoms with Crippen molar-refractivity contribution < 1.29 is 19.4 Å². The molecule has 20 heavy (non-hydrogen) atoms. The monoisotopic (exact) mass is 276 g/mol. The fourth-order valence-electron chi connectivity index (χ4n) is 1.75. The Morgan fingerprint density at radius 1 is 1.20 bits per heavy atom. The molecule has 1 amide bonds. The summed E-state index contributed by atoms with van der Waals surface area (Å²) in [7, 11) is 0. The van der Waals surface area contributed by atoms with Gasteiger partial charge in [-0.3, -0.25) is 4.79 Å². The van der Waals surface area contributed by atoms with Gasteiger partial charge in [0.25, 0.3) is 5.91 Å². The van der Waals surface area contributed by atoms with Gasteiger partial charge in [-0.05, 0) is 30.3 Å². The number of halogens is 1. The molecule has 0 saturated heterocycles. The van der Waals surface area contributed by atoms with Gasteiger partial charge in [0.1, 0.15) is 22.9 Å². The maximum absolute atomic E-state index is 13.5. The third-order valence-electron chi connectivity index (χ3n) is 2.76. The summed E-state index contributed by atoms with van der Waals surface area (Å²) in [5, 5.41) is 21.5. The fourth-order valence-corrected chi connectivity index (χ4v) is 1.75. The SMILES string of the molecule is Nc1ccc(O)c(CNC(=O)c2c(O)cccc2F)c1. The van der Waals surface area contributed by atoms with Crippen LogP contribution in [0.15, 0.2) is 36.4 Å². The number of anilines is 1. The molecule has 6 heteroatoms. The molecule has 0 radical (unpaired) electrons. The molecule has 0 unspecified atom stereocenters. The van der Waals surface area contributed by atoms with E-state index < -0.39 is 23.0 Å². The lowest BCUT2D eigenvalue weighted by atomic mass is 10.1. The Kier molecular flexibility index (Phi) is 3.74. The second kappa shape index (κ2) is 5.48. The molecule has 5 N–H and O–H groups in total. The summed E-state index contributed by atoms with van der Waals surface area (Å²) >= 11 is 0. The number of nitrogens with one attached hydrogen (secondary N) is 1. The van der Waals surface area contributed by atoms with Crippen LogP contribution in [0.4, 0.5) is 10.1 Å². The van der Waals surface area contributed by atoms with Gasteiger partial charge in [-0.25, -0.2) is 4.39 Å². The number of carbonyl (C=O) groups excluding carboxylic acids is 1. The second-order valence-electron chi connectivity index (χ2n) is 4.20. The van der Waals surface area contributed by atoms with Crippen LogP contribution >= 0.6 is 0 Å². The van der Waals surface area contributed by atoms with E-state index in [2.05, 4.69) is 5.32 Å². The number of carbonyl (C=O) groups is 1. The highest BCUT2D eigenvalue weighted by Crippen LogP contribution is 2.21. The van der Waals surface area contributed by atoms with E-state index in [-0.39, 0.29) is 12.3 Å². The lowest BCUT2D eigenvalue weighted by molar-refractivity contribution is 0.0944. The van der Waals surface area contributed by atoms with E-state index >= 15 is 0 Å². The number of hydrogen-bond donors (Lipinski definition) is 4. The van der Waals surface area contributed by atoms with Gasteiger partial charge in [-0.1, -0.05) is 6.07 Å². The molecule has 0 bridgehead atoms.